The van der Waals surface area contributed by atoms with E-state index in [-0.39, 0.29) is 5.63 Å². The van der Waals surface area contributed by atoms with Gasteiger partial charge in [-0.3, -0.25) is 0 Å². The molecule has 1 fully saturated rings. The predicted molar refractivity (Wildman–Crippen MR) is 69.5 cm³/mol. The third-order valence-corrected chi connectivity index (χ3v) is 2.83. The summed E-state index contributed by atoms with van der Waals surface area (Å²) in [7, 11) is 0. The minimum atomic E-state index is -0.355. The van der Waals surface area contributed by atoms with E-state index in [9.17, 15) is 4.79 Å². The van der Waals surface area contributed by atoms with Crippen molar-refractivity contribution in [2.24, 2.45) is 4.99 Å². The molecule has 0 N–H and O–H groups in total. The molecule has 1 aromatic heterocycles. The summed E-state index contributed by atoms with van der Waals surface area (Å²) in [5.74, 6) is 1.57. The molecule has 0 aliphatic carbocycles. The molecule has 1 aliphatic heterocycles. The quantitative estimate of drug-likeness (QED) is 0.592. The molecular weight excluding hydrogens is 232 g/mol. The van der Waals surface area contributed by atoms with Gasteiger partial charge in [0.1, 0.15) is 11.6 Å². The number of ether oxygens (including phenoxy) is 1. The lowest BCUT2D eigenvalue weighted by Gasteiger charge is -2.29. The van der Waals surface area contributed by atoms with Crippen molar-refractivity contribution in [1.82, 2.24) is 4.90 Å². The molecule has 1 aliphatic rings. The van der Waals surface area contributed by atoms with E-state index in [0.29, 0.717) is 11.4 Å². The van der Waals surface area contributed by atoms with Gasteiger partial charge in [-0.1, -0.05) is 6.92 Å². The lowest BCUT2D eigenvalue weighted by molar-refractivity contribution is 0.0673. The van der Waals surface area contributed by atoms with E-state index in [4.69, 9.17) is 9.15 Å². The summed E-state index contributed by atoms with van der Waals surface area (Å²) in [6.45, 7) is 6.98. The summed E-state index contributed by atoms with van der Waals surface area (Å²) >= 11 is 0. The van der Waals surface area contributed by atoms with Crippen LogP contribution in [0.1, 0.15) is 19.1 Å². The fraction of sp³-hybridized carbons (Fsp3) is 0.538. The lowest BCUT2D eigenvalue weighted by Crippen LogP contribution is -2.40. The predicted octanol–water partition coefficient (Wildman–Crippen LogP) is 1.72. The van der Waals surface area contributed by atoms with Crippen molar-refractivity contribution >= 4 is 11.5 Å². The van der Waals surface area contributed by atoms with Gasteiger partial charge in [-0.2, -0.15) is 0 Å². The third kappa shape index (κ3) is 3.20. The van der Waals surface area contributed by atoms with Gasteiger partial charge in [-0.25, -0.2) is 9.79 Å². The molecule has 1 saturated heterocycles. The van der Waals surface area contributed by atoms with Gasteiger partial charge in [0.2, 0.25) is 0 Å². The van der Waals surface area contributed by atoms with Crippen LogP contribution in [0.2, 0.25) is 0 Å². The second-order valence-electron chi connectivity index (χ2n) is 4.23. The van der Waals surface area contributed by atoms with Crippen molar-refractivity contribution in [1.29, 1.82) is 0 Å². The van der Waals surface area contributed by atoms with Gasteiger partial charge in [-0.15, -0.1) is 0 Å². The number of hydrogen-bond donors (Lipinski definition) is 0. The Morgan fingerprint density at radius 3 is 2.72 bits per heavy atom. The van der Waals surface area contributed by atoms with Crippen molar-refractivity contribution in [3.05, 3.63) is 28.3 Å². The number of amidine groups is 1. The molecule has 18 heavy (non-hydrogen) atoms. The second kappa shape index (κ2) is 5.82. The van der Waals surface area contributed by atoms with Gasteiger partial charge in [0.25, 0.3) is 0 Å². The maximum Gasteiger partial charge on any atom is 0.338 e. The molecule has 2 heterocycles. The van der Waals surface area contributed by atoms with Crippen molar-refractivity contribution in [3.8, 4) is 0 Å². The molecule has 5 heteroatoms. The van der Waals surface area contributed by atoms with Gasteiger partial charge >= 0.3 is 5.63 Å². The highest BCUT2D eigenvalue weighted by Crippen LogP contribution is 2.14. The number of hydrogen-bond acceptors (Lipinski definition) is 4. The van der Waals surface area contributed by atoms with Crippen molar-refractivity contribution in [2.75, 3.05) is 26.3 Å². The number of aliphatic imine (C=N–C) groups is 1. The molecule has 98 valence electrons. The molecule has 0 saturated carbocycles. The fourth-order valence-electron chi connectivity index (χ4n) is 2.00. The minimum absolute atomic E-state index is 0.355. The first kappa shape index (κ1) is 12.8. The molecular formula is C13H18N2O3. The highest BCUT2D eigenvalue weighted by molar-refractivity contribution is 5.84. The van der Waals surface area contributed by atoms with Gasteiger partial charge in [0.15, 0.2) is 0 Å². The van der Waals surface area contributed by atoms with Crippen LogP contribution in [-0.4, -0.2) is 37.0 Å². The van der Waals surface area contributed by atoms with E-state index in [2.05, 4.69) is 16.8 Å². The largest absolute Gasteiger partial charge is 0.428 e. The summed E-state index contributed by atoms with van der Waals surface area (Å²) in [6.07, 6.45) is 0.833. The summed E-state index contributed by atoms with van der Waals surface area (Å²) in [5.41, 5.74) is 0.304. The van der Waals surface area contributed by atoms with E-state index in [1.54, 1.807) is 13.0 Å². The van der Waals surface area contributed by atoms with Crippen LogP contribution < -0.4 is 5.63 Å². The highest BCUT2D eigenvalue weighted by atomic mass is 16.5. The van der Waals surface area contributed by atoms with E-state index in [0.717, 1.165) is 38.6 Å². The van der Waals surface area contributed by atoms with Gasteiger partial charge in [0, 0.05) is 31.6 Å². The van der Waals surface area contributed by atoms with Crippen LogP contribution >= 0.6 is 0 Å². The first-order valence-electron chi connectivity index (χ1n) is 6.21. The van der Waals surface area contributed by atoms with Crippen LogP contribution in [0.15, 0.2) is 26.3 Å². The Balaban J connectivity index is 2.24. The SMILES string of the molecule is CCC(=Nc1cc(C)oc(=O)c1)N1CCOCC1. The molecule has 0 radical (unpaired) electrons. The number of nitrogens with zero attached hydrogens (tertiary/aromatic N) is 2. The van der Waals surface area contributed by atoms with Crippen LogP contribution in [0.25, 0.3) is 0 Å². The Bertz CT molecular complexity index is 487. The van der Waals surface area contributed by atoms with E-state index < -0.39 is 0 Å². The highest BCUT2D eigenvalue weighted by Gasteiger charge is 2.13. The first-order chi connectivity index (χ1) is 8.69. The molecule has 0 aromatic carbocycles. The zero-order valence-electron chi connectivity index (χ0n) is 10.8. The molecule has 0 spiro atoms. The Morgan fingerprint density at radius 1 is 1.39 bits per heavy atom. The van der Waals surface area contributed by atoms with E-state index >= 15 is 0 Å². The van der Waals surface area contributed by atoms with Crippen molar-refractivity contribution in [2.45, 2.75) is 20.3 Å². The summed E-state index contributed by atoms with van der Waals surface area (Å²) in [4.78, 5) is 18.0. The van der Waals surface area contributed by atoms with Crippen LogP contribution in [-0.2, 0) is 4.74 Å². The zero-order valence-corrected chi connectivity index (χ0v) is 10.8. The average molecular weight is 250 g/mol. The monoisotopic (exact) mass is 250 g/mol. The molecule has 0 bridgehead atoms. The fourth-order valence-corrected chi connectivity index (χ4v) is 2.00. The maximum absolute atomic E-state index is 11.3. The molecule has 0 amide bonds. The van der Waals surface area contributed by atoms with Crippen molar-refractivity contribution in [3.63, 3.8) is 0 Å². The van der Waals surface area contributed by atoms with Crippen LogP contribution in [0.3, 0.4) is 0 Å². The standard InChI is InChI=1S/C13H18N2O3/c1-3-12(15-4-6-17-7-5-15)14-11-8-10(2)18-13(16)9-11/h8-9H,3-7H2,1-2H3. The summed E-state index contributed by atoms with van der Waals surface area (Å²) in [5, 5.41) is 0. The smallest absolute Gasteiger partial charge is 0.338 e. The Hall–Kier alpha value is -1.62. The first-order valence-corrected chi connectivity index (χ1v) is 6.21. The van der Waals surface area contributed by atoms with Gasteiger partial charge < -0.3 is 14.1 Å². The number of morpholine rings is 1. The minimum Gasteiger partial charge on any atom is -0.428 e. The summed E-state index contributed by atoms with van der Waals surface area (Å²) < 4.78 is 10.2. The van der Waals surface area contributed by atoms with E-state index in [1.165, 1.54) is 6.07 Å². The molecule has 2 rings (SSSR count). The molecule has 0 atom stereocenters. The lowest BCUT2D eigenvalue weighted by atomic mass is 10.3. The normalized spacial score (nSPS) is 17.0. The maximum atomic E-state index is 11.3. The number of aryl methyl sites for hydroxylation is 1. The van der Waals surface area contributed by atoms with Gasteiger partial charge in [0.05, 0.1) is 18.9 Å². The third-order valence-electron chi connectivity index (χ3n) is 2.83. The average Bonchev–Trinajstić information content (AvgIpc) is 2.36. The van der Waals surface area contributed by atoms with Crippen molar-refractivity contribution < 1.29 is 9.15 Å². The second-order valence-corrected chi connectivity index (χ2v) is 4.23. The van der Waals surface area contributed by atoms with Crippen LogP contribution in [0.5, 0.6) is 0 Å². The van der Waals surface area contributed by atoms with E-state index in [1.807, 2.05) is 0 Å². The summed E-state index contributed by atoms with van der Waals surface area (Å²) in [6, 6.07) is 3.20. The Kier molecular flexibility index (Phi) is 4.15. The number of rotatable bonds is 2. The Morgan fingerprint density at radius 2 is 2.11 bits per heavy atom. The zero-order chi connectivity index (χ0) is 13.0. The van der Waals surface area contributed by atoms with Gasteiger partial charge in [-0.05, 0) is 6.92 Å². The topological polar surface area (TPSA) is 55.0 Å². The Labute approximate surface area is 106 Å². The van der Waals surface area contributed by atoms with Crippen LogP contribution in [0, 0.1) is 6.92 Å². The molecule has 0 unspecified atom stereocenters. The van der Waals surface area contributed by atoms with Crippen LogP contribution in [0.4, 0.5) is 5.69 Å². The molecule has 5 nitrogen and oxygen atoms in total. The molecule has 1 aromatic rings.